The second-order valence-corrected chi connectivity index (χ2v) is 21.2. The molecule has 3 saturated heterocycles. The third-order valence-corrected chi connectivity index (χ3v) is 17.2. The summed E-state index contributed by atoms with van der Waals surface area (Å²) in [6.45, 7) is 6.89. The van der Waals surface area contributed by atoms with Gasteiger partial charge in [-0.15, -0.1) is 0 Å². The summed E-state index contributed by atoms with van der Waals surface area (Å²) in [6.07, 6.45) is 9.57. The molecule has 4 heterocycles. The van der Waals surface area contributed by atoms with E-state index in [0.29, 0.717) is 36.9 Å². The molecule has 6 aliphatic rings. The zero-order valence-corrected chi connectivity index (χ0v) is 41.7. The van der Waals surface area contributed by atoms with E-state index in [0.717, 1.165) is 102 Å². The van der Waals surface area contributed by atoms with Gasteiger partial charge in [0.05, 0.1) is 23.2 Å². The summed E-state index contributed by atoms with van der Waals surface area (Å²) in [4.78, 5) is 57.6. The number of urea groups is 1. The molecule has 0 aromatic heterocycles. The van der Waals surface area contributed by atoms with Crippen LogP contribution in [0.2, 0.25) is 5.02 Å². The molecule has 10 rings (SSSR count). The molecule has 2 aliphatic carbocycles. The first kappa shape index (κ1) is 49.9. The highest BCUT2D eigenvalue weighted by Crippen LogP contribution is 2.56. The standard InChI is InChI=1S/C56H65ClF2N6O7/c1-33-48-46(30-43(58)51(57)50(48)49-42(53(60)68)14-16-45(52(49)59)71-28-27-66)72-56(33,39-5-3-2-4-6-39)32-61-40-11-7-36(8-12-40)54(69)64-24-17-34(18-25-64)31-63-22-19-35(20-23-63)37-9-13-41-38(29-37)10-15-44(41)65-26-21-47(67)62-55(65)70/h2-6,9,13-14,16,29-30,33-36,40,44,61,66H,7-8,10-12,15,17-28,31-32H2,1H3,(H2,60,68)(H,62,67,70). The van der Waals surface area contributed by atoms with E-state index in [-0.39, 0.29) is 82.3 Å². The molecule has 4 aromatic rings. The number of likely N-dealkylation sites (tertiary alicyclic amines) is 2. The fourth-order valence-electron chi connectivity index (χ4n) is 12.8. The van der Waals surface area contributed by atoms with E-state index in [1.54, 1.807) is 0 Å². The molecule has 382 valence electrons. The van der Waals surface area contributed by atoms with Gasteiger partial charge in [0, 0.05) is 79.8 Å². The number of nitrogens with one attached hydrogen (secondary N) is 2. The molecule has 3 unspecified atom stereocenters. The predicted molar refractivity (Wildman–Crippen MR) is 269 cm³/mol. The number of aliphatic hydroxyl groups is 1. The molecule has 13 nitrogen and oxygen atoms in total. The molecule has 5 N–H and O–H groups in total. The Hall–Kier alpha value is -5.61. The highest BCUT2D eigenvalue weighted by molar-refractivity contribution is 6.34. The highest BCUT2D eigenvalue weighted by Gasteiger charge is 2.50. The molecule has 4 aliphatic heterocycles. The van der Waals surface area contributed by atoms with Crippen LogP contribution in [0, 0.1) is 23.5 Å². The number of hydrogen-bond donors (Lipinski definition) is 4. The van der Waals surface area contributed by atoms with Crippen molar-refractivity contribution in [2.45, 2.75) is 107 Å². The zero-order chi connectivity index (χ0) is 50.3. The molecule has 0 bridgehead atoms. The Kier molecular flexibility index (Phi) is 14.6. The van der Waals surface area contributed by atoms with E-state index in [1.807, 2.05) is 42.2 Å². The number of carbonyl (C=O) groups excluding carboxylic acids is 4. The minimum absolute atomic E-state index is 0.0352. The van der Waals surface area contributed by atoms with E-state index >= 15 is 8.78 Å². The van der Waals surface area contributed by atoms with Crippen molar-refractivity contribution in [1.82, 2.24) is 25.3 Å². The van der Waals surface area contributed by atoms with Crippen LogP contribution < -0.4 is 25.8 Å². The molecule has 4 fully saturated rings. The Bertz CT molecular complexity index is 2710. The first-order valence-corrected chi connectivity index (χ1v) is 26.3. The Morgan fingerprint density at radius 2 is 1.65 bits per heavy atom. The number of halogens is 3. The van der Waals surface area contributed by atoms with Crippen molar-refractivity contribution >= 4 is 35.4 Å². The minimum Gasteiger partial charge on any atom is -0.488 e. The van der Waals surface area contributed by atoms with Gasteiger partial charge in [-0.2, -0.15) is 0 Å². The first-order chi connectivity index (χ1) is 34.8. The smallest absolute Gasteiger partial charge is 0.324 e. The fourth-order valence-corrected chi connectivity index (χ4v) is 13.1. The third kappa shape index (κ3) is 9.69. The molecule has 5 amide bonds. The number of ether oxygens (including phenoxy) is 2. The maximum atomic E-state index is 16.5. The molecule has 16 heteroatoms. The summed E-state index contributed by atoms with van der Waals surface area (Å²) >= 11 is 6.73. The maximum absolute atomic E-state index is 16.5. The van der Waals surface area contributed by atoms with Crippen molar-refractivity contribution < 1.29 is 42.5 Å². The summed E-state index contributed by atoms with van der Waals surface area (Å²) in [7, 11) is 0. The predicted octanol–water partition coefficient (Wildman–Crippen LogP) is 8.34. The number of amides is 5. The SMILES string of the molecule is CC1c2c(cc(F)c(Cl)c2-c2c(C(N)=O)ccc(OCCO)c2F)OC1(CNC1CCC(C(=O)N2CCC(CN3CCC(c4ccc5c(c4)CCC5N4CCC(=O)NC4=O)CC3)CC2)CC1)c1ccccc1. The number of primary amides is 1. The second-order valence-electron chi connectivity index (χ2n) is 20.9. The van der Waals surface area contributed by atoms with Gasteiger partial charge in [-0.25, -0.2) is 13.6 Å². The summed E-state index contributed by atoms with van der Waals surface area (Å²) < 4.78 is 44.6. The second kappa shape index (κ2) is 21.1. The molecule has 4 aromatic carbocycles. The monoisotopic (exact) mass is 1010 g/mol. The number of carbonyl (C=O) groups is 4. The van der Waals surface area contributed by atoms with Crippen molar-refractivity contribution in [1.29, 1.82) is 0 Å². The average molecular weight is 1010 g/mol. The number of hydrogen-bond acceptors (Lipinski definition) is 9. The van der Waals surface area contributed by atoms with Crippen molar-refractivity contribution in [2.75, 3.05) is 59.0 Å². The molecular formula is C56H65ClF2N6O7. The molecular weight excluding hydrogens is 942 g/mol. The van der Waals surface area contributed by atoms with Gasteiger partial charge in [-0.3, -0.25) is 19.7 Å². The van der Waals surface area contributed by atoms with Crippen LogP contribution in [0.4, 0.5) is 13.6 Å². The Morgan fingerprint density at radius 3 is 2.36 bits per heavy atom. The lowest BCUT2D eigenvalue weighted by molar-refractivity contribution is -0.138. The van der Waals surface area contributed by atoms with E-state index in [2.05, 4.69) is 38.6 Å². The van der Waals surface area contributed by atoms with Crippen LogP contribution in [0.3, 0.4) is 0 Å². The zero-order valence-electron chi connectivity index (χ0n) is 40.9. The Balaban J connectivity index is 0.724. The molecule has 0 radical (unpaired) electrons. The summed E-state index contributed by atoms with van der Waals surface area (Å²) in [5.74, 6) is -2.27. The third-order valence-electron chi connectivity index (χ3n) is 16.8. The van der Waals surface area contributed by atoms with Crippen LogP contribution in [0.15, 0.2) is 66.7 Å². The van der Waals surface area contributed by atoms with E-state index in [1.165, 1.54) is 34.9 Å². The van der Waals surface area contributed by atoms with Gasteiger partial charge >= 0.3 is 6.03 Å². The number of aryl methyl sites for hydroxylation is 1. The molecule has 0 spiro atoms. The van der Waals surface area contributed by atoms with Crippen molar-refractivity contribution in [3.63, 3.8) is 0 Å². The summed E-state index contributed by atoms with van der Waals surface area (Å²) in [5, 5.41) is 15.2. The number of piperidine rings is 2. The minimum atomic E-state index is -1.09. The maximum Gasteiger partial charge on any atom is 0.324 e. The number of benzene rings is 4. The first-order valence-electron chi connectivity index (χ1n) is 25.9. The van der Waals surface area contributed by atoms with E-state index in [4.69, 9.17) is 26.8 Å². The van der Waals surface area contributed by atoms with Crippen LogP contribution in [-0.2, 0) is 21.6 Å². The average Bonchev–Trinajstić information content (AvgIpc) is 3.94. The van der Waals surface area contributed by atoms with Crippen LogP contribution in [-0.4, -0.2) is 109 Å². The van der Waals surface area contributed by atoms with Crippen LogP contribution >= 0.6 is 11.6 Å². The molecule has 3 atom stereocenters. The summed E-state index contributed by atoms with van der Waals surface area (Å²) in [6, 6.07) is 20.1. The number of nitrogens with zero attached hydrogens (tertiary/aromatic N) is 3. The summed E-state index contributed by atoms with van der Waals surface area (Å²) in [5.41, 5.74) is 9.31. The van der Waals surface area contributed by atoms with Crippen LogP contribution in [0.5, 0.6) is 11.5 Å². The highest BCUT2D eigenvalue weighted by atomic mass is 35.5. The largest absolute Gasteiger partial charge is 0.488 e. The normalized spacial score (nSPS) is 25.0. The van der Waals surface area contributed by atoms with Crippen LogP contribution in [0.25, 0.3) is 11.1 Å². The number of imide groups is 1. The lowest BCUT2D eigenvalue weighted by Crippen LogP contribution is -2.50. The van der Waals surface area contributed by atoms with Crippen molar-refractivity contribution in [3.05, 3.63) is 117 Å². The number of fused-ring (bicyclic) bond motifs is 2. The fraction of sp³-hybridized carbons (Fsp3) is 0.500. The topological polar surface area (TPSA) is 167 Å². The quantitative estimate of drug-likeness (QED) is 0.0972. The molecule has 1 saturated carbocycles. The number of nitrogens with two attached hydrogens (primary N) is 1. The van der Waals surface area contributed by atoms with E-state index in [9.17, 15) is 24.3 Å². The lowest BCUT2D eigenvalue weighted by Gasteiger charge is -2.40. The van der Waals surface area contributed by atoms with E-state index < -0.39 is 29.1 Å². The van der Waals surface area contributed by atoms with Gasteiger partial charge in [0.1, 0.15) is 18.2 Å². The Labute approximate surface area is 424 Å². The van der Waals surface area contributed by atoms with Crippen molar-refractivity contribution in [2.24, 2.45) is 17.6 Å². The van der Waals surface area contributed by atoms with Gasteiger partial charge < -0.3 is 40.3 Å². The van der Waals surface area contributed by atoms with Gasteiger partial charge in [-0.1, -0.05) is 67.1 Å². The number of aliphatic hydroxyl groups excluding tert-OH is 1. The van der Waals surface area contributed by atoms with Gasteiger partial charge in [0.15, 0.2) is 17.2 Å². The van der Waals surface area contributed by atoms with Gasteiger partial charge in [0.25, 0.3) is 0 Å². The lowest BCUT2D eigenvalue weighted by atomic mass is 9.77. The van der Waals surface area contributed by atoms with Crippen molar-refractivity contribution in [3.8, 4) is 22.6 Å². The van der Waals surface area contributed by atoms with Gasteiger partial charge in [-0.05, 0) is 124 Å². The van der Waals surface area contributed by atoms with Gasteiger partial charge in [0.2, 0.25) is 17.7 Å². The molecule has 72 heavy (non-hydrogen) atoms. The Morgan fingerprint density at radius 1 is 0.903 bits per heavy atom. The van der Waals surface area contributed by atoms with Crippen LogP contribution in [0.1, 0.15) is 127 Å². The number of rotatable bonds is 14.